The second-order valence-corrected chi connectivity index (χ2v) is 4.95. The van der Waals surface area contributed by atoms with Crippen LogP contribution in [0.3, 0.4) is 0 Å². The molecule has 0 spiro atoms. The van der Waals surface area contributed by atoms with Gasteiger partial charge >= 0.3 is 0 Å². The van der Waals surface area contributed by atoms with E-state index in [1.54, 1.807) is 0 Å². The molecule has 1 N–H and O–H groups in total. The Balaban J connectivity index is 2.59. The van der Waals surface area contributed by atoms with Gasteiger partial charge in [-0.3, -0.25) is 0 Å². The lowest BCUT2D eigenvalue weighted by molar-refractivity contribution is 0.181. The third-order valence-corrected chi connectivity index (χ3v) is 3.77. The lowest BCUT2D eigenvalue weighted by Crippen LogP contribution is -2.00. The Morgan fingerprint density at radius 2 is 1.95 bits per heavy atom. The minimum Gasteiger partial charge on any atom is -0.378 e. The fourth-order valence-corrected chi connectivity index (χ4v) is 2.09. The molecule has 0 fully saturated rings. The van der Waals surface area contributed by atoms with Gasteiger partial charge in [0.15, 0.2) is 0 Å². The highest BCUT2D eigenvalue weighted by molar-refractivity contribution is 9.10. The minimum absolute atomic E-state index is 0.275. The fraction of sp³-hybridized carbons (Fsp3) is 0.167. The highest BCUT2D eigenvalue weighted by Crippen LogP contribution is 2.23. The minimum atomic E-state index is -0.674. The van der Waals surface area contributed by atoms with Gasteiger partial charge in [0.1, 0.15) is 22.1 Å². The molecule has 0 radical (unpaired) electrons. The molecule has 2 rings (SSSR count). The van der Waals surface area contributed by atoms with Gasteiger partial charge in [-0.15, -0.1) is 0 Å². The molecule has 0 bridgehead atoms. The topological polar surface area (TPSA) is 37.9 Å². The maximum atomic E-state index is 13.2. The van der Waals surface area contributed by atoms with Crippen molar-refractivity contribution in [2.24, 2.45) is 0 Å². The van der Waals surface area contributed by atoms with Crippen LogP contribution in [0.25, 0.3) is 11.4 Å². The molecule has 0 saturated carbocycles. The lowest BCUT2D eigenvalue weighted by atomic mass is 10.2. The first-order chi connectivity index (χ1) is 9.01. The summed E-state index contributed by atoms with van der Waals surface area (Å²) in [6.07, 6.45) is 0. The molecule has 1 aromatic carbocycles. The normalized spacial score (nSPS) is 10.7. The summed E-state index contributed by atoms with van der Waals surface area (Å²) in [4.78, 5) is 7.03. The van der Waals surface area contributed by atoms with Crippen molar-refractivity contribution >= 4 is 28.1 Å². The van der Waals surface area contributed by atoms with Crippen LogP contribution in [0.15, 0.2) is 22.7 Å². The number of benzene rings is 1. The molecular weight excluding hydrogens is 338 g/mol. The zero-order chi connectivity index (χ0) is 14.0. The van der Waals surface area contributed by atoms with Crippen molar-refractivity contribution in [2.75, 3.05) is 7.11 Å². The van der Waals surface area contributed by atoms with E-state index < -0.39 is 11.6 Å². The number of nitrogens with zero attached hydrogens (tertiary/aromatic N) is 1. The van der Waals surface area contributed by atoms with Crippen molar-refractivity contribution in [3.8, 4) is 11.4 Å². The van der Waals surface area contributed by atoms with Crippen LogP contribution in [0.5, 0.6) is 0 Å². The third-order valence-electron chi connectivity index (χ3n) is 2.36. The predicted molar refractivity (Wildman–Crippen MR) is 73.2 cm³/mol. The molecule has 0 aliphatic rings. The highest BCUT2D eigenvalue weighted by atomic mass is 79.9. The summed E-state index contributed by atoms with van der Waals surface area (Å²) in [6, 6.07) is 3.16. The molecule has 3 nitrogen and oxygen atoms in total. The van der Waals surface area contributed by atoms with Gasteiger partial charge in [-0.2, -0.15) is 0 Å². The number of nitrogens with one attached hydrogen (secondary N) is 1. The van der Waals surface area contributed by atoms with Crippen LogP contribution in [-0.2, 0) is 11.3 Å². The van der Waals surface area contributed by atoms with E-state index in [1.807, 2.05) is 0 Å². The van der Waals surface area contributed by atoms with E-state index in [2.05, 4.69) is 25.9 Å². The van der Waals surface area contributed by atoms with E-state index in [4.69, 9.17) is 17.0 Å². The average molecular weight is 347 g/mol. The summed E-state index contributed by atoms with van der Waals surface area (Å²) in [7, 11) is 1.53. The van der Waals surface area contributed by atoms with Crippen LogP contribution < -0.4 is 0 Å². The van der Waals surface area contributed by atoms with E-state index >= 15 is 0 Å². The number of aromatic nitrogens is 2. The average Bonchev–Trinajstić information content (AvgIpc) is 2.33. The van der Waals surface area contributed by atoms with Crippen LogP contribution in [0.1, 0.15) is 5.69 Å². The van der Waals surface area contributed by atoms with Gasteiger partial charge < -0.3 is 9.72 Å². The number of hydrogen-bond acceptors (Lipinski definition) is 3. The molecule has 0 unspecified atom stereocenters. The number of rotatable bonds is 3. The first kappa shape index (κ1) is 14.2. The maximum absolute atomic E-state index is 13.2. The van der Waals surface area contributed by atoms with Crippen LogP contribution in [0, 0.1) is 16.3 Å². The summed E-state index contributed by atoms with van der Waals surface area (Å²) in [6.45, 7) is 0.275. The molecule has 7 heteroatoms. The molecule has 0 aliphatic carbocycles. The summed E-state index contributed by atoms with van der Waals surface area (Å²) < 4.78 is 32.3. The third kappa shape index (κ3) is 3.23. The number of H-pyrrole nitrogens is 1. The maximum Gasteiger partial charge on any atom is 0.144 e. The molecular formula is C12H9BrF2N2OS. The molecule has 100 valence electrons. The SMILES string of the molecule is COCc1[nH]c(-c2cc(F)cc(F)c2)nc(=S)c1Br. The highest BCUT2D eigenvalue weighted by Gasteiger charge is 2.10. The van der Waals surface area contributed by atoms with E-state index in [1.165, 1.54) is 19.2 Å². The van der Waals surface area contributed by atoms with Gasteiger partial charge in [0.25, 0.3) is 0 Å². The quantitative estimate of drug-likeness (QED) is 0.853. The molecule has 0 saturated heterocycles. The molecule has 19 heavy (non-hydrogen) atoms. The second-order valence-electron chi connectivity index (χ2n) is 3.77. The number of ether oxygens (including phenoxy) is 1. The standard InChI is InChI=1S/C12H9BrF2N2OS/c1-18-5-9-10(13)12(19)17-11(16-9)6-2-7(14)4-8(15)3-6/h2-4H,5H2,1H3,(H,16,17,19). The van der Waals surface area contributed by atoms with Gasteiger partial charge in [0.2, 0.25) is 0 Å². The second kappa shape index (κ2) is 5.85. The largest absolute Gasteiger partial charge is 0.378 e. The van der Waals surface area contributed by atoms with Crippen molar-refractivity contribution in [2.45, 2.75) is 6.61 Å². The molecule has 1 heterocycles. The first-order valence-electron chi connectivity index (χ1n) is 5.25. The van der Waals surface area contributed by atoms with E-state index in [-0.39, 0.29) is 12.2 Å². The molecule has 1 aromatic heterocycles. The monoisotopic (exact) mass is 346 g/mol. The van der Waals surface area contributed by atoms with Crippen LogP contribution in [0.4, 0.5) is 8.78 Å². The summed E-state index contributed by atoms with van der Waals surface area (Å²) in [5.74, 6) is -1.06. The Morgan fingerprint density at radius 1 is 1.32 bits per heavy atom. The van der Waals surface area contributed by atoms with Crippen LogP contribution in [-0.4, -0.2) is 17.1 Å². The van der Waals surface area contributed by atoms with E-state index in [9.17, 15) is 8.78 Å². The zero-order valence-electron chi connectivity index (χ0n) is 9.84. The number of methoxy groups -OCH3 is 1. The van der Waals surface area contributed by atoms with Crippen molar-refractivity contribution < 1.29 is 13.5 Å². The summed E-state index contributed by atoms with van der Waals surface area (Å²) in [5, 5.41) is 0. The van der Waals surface area contributed by atoms with Gasteiger partial charge in [0.05, 0.1) is 16.8 Å². The van der Waals surface area contributed by atoms with Crippen molar-refractivity contribution in [3.63, 3.8) is 0 Å². The smallest absolute Gasteiger partial charge is 0.144 e. The Labute approximate surface area is 121 Å². The van der Waals surface area contributed by atoms with Gasteiger partial charge in [0, 0.05) is 18.7 Å². The fourth-order valence-electron chi connectivity index (χ4n) is 1.58. The van der Waals surface area contributed by atoms with Gasteiger partial charge in [-0.25, -0.2) is 13.8 Å². The summed E-state index contributed by atoms with van der Waals surface area (Å²) >= 11 is 8.38. The number of halogens is 3. The van der Waals surface area contributed by atoms with Crippen molar-refractivity contribution in [3.05, 3.63) is 44.6 Å². The van der Waals surface area contributed by atoms with E-state index in [0.29, 0.717) is 20.6 Å². The lowest BCUT2D eigenvalue weighted by Gasteiger charge is -2.08. The van der Waals surface area contributed by atoms with Gasteiger partial charge in [-0.05, 0) is 28.1 Å². The number of hydrogen-bond donors (Lipinski definition) is 1. The molecule has 0 atom stereocenters. The first-order valence-corrected chi connectivity index (χ1v) is 6.45. The van der Waals surface area contributed by atoms with Gasteiger partial charge in [-0.1, -0.05) is 12.2 Å². The Hall–Kier alpha value is -1.18. The van der Waals surface area contributed by atoms with E-state index in [0.717, 1.165) is 6.07 Å². The molecule has 0 aliphatic heterocycles. The Kier molecular flexibility index (Phi) is 4.38. The Bertz CT molecular complexity index is 655. The number of aromatic amines is 1. The summed E-state index contributed by atoms with van der Waals surface area (Å²) in [5.41, 5.74) is 0.940. The predicted octanol–water partition coefficient (Wildman–Crippen LogP) is 3.99. The molecule has 2 aromatic rings. The van der Waals surface area contributed by atoms with Crippen molar-refractivity contribution in [1.29, 1.82) is 0 Å². The molecule has 0 amide bonds. The van der Waals surface area contributed by atoms with Crippen LogP contribution >= 0.6 is 28.1 Å². The van der Waals surface area contributed by atoms with Crippen LogP contribution in [0.2, 0.25) is 0 Å². The van der Waals surface area contributed by atoms with Crippen molar-refractivity contribution in [1.82, 2.24) is 9.97 Å². The zero-order valence-corrected chi connectivity index (χ0v) is 12.2. The Morgan fingerprint density at radius 3 is 2.53 bits per heavy atom.